The van der Waals surface area contributed by atoms with Crippen molar-refractivity contribution in [1.29, 1.82) is 0 Å². The first-order chi connectivity index (χ1) is 5.10. The van der Waals surface area contributed by atoms with E-state index in [4.69, 9.17) is 17.3 Å². The van der Waals surface area contributed by atoms with Gasteiger partial charge in [-0.15, -0.1) is 6.42 Å². The number of aliphatic hydroxyl groups is 1. The minimum Gasteiger partial charge on any atom is -0.467 e. The van der Waals surface area contributed by atoms with Crippen LogP contribution in [-0.2, 0) is 9.53 Å². The number of esters is 1. The highest BCUT2D eigenvalue weighted by Crippen LogP contribution is 1.98. The van der Waals surface area contributed by atoms with E-state index in [0.717, 1.165) is 0 Å². The van der Waals surface area contributed by atoms with Crippen LogP contribution in [0.15, 0.2) is 0 Å². The van der Waals surface area contributed by atoms with Crippen LogP contribution >= 0.6 is 0 Å². The van der Waals surface area contributed by atoms with Gasteiger partial charge >= 0.3 is 5.97 Å². The van der Waals surface area contributed by atoms with Gasteiger partial charge in [0, 0.05) is 6.23 Å². The molecule has 11 heavy (non-hydrogen) atoms. The van der Waals surface area contributed by atoms with Gasteiger partial charge in [0.1, 0.15) is 9.52 Å². The van der Waals surface area contributed by atoms with E-state index in [0.29, 0.717) is 0 Å². The summed E-state index contributed by atoms with van der Waals surface area (Å²) in [6.45, 7) is 0. The third kappa shape index (κ3) is 2.35. The standard InChI is InChI=1S/C6H11NO3Si/c1-3-6(7,11-4-8)5(9)10-2/h1,8H,4,7,11H2,2H3. The second-order valence-electron chi connectivity index (χ2n) is 2.08. The fourth-order valence-electron chi connectivity index (χ4n) is 0.592. The highest BCUT2D eigenvalue weighted by atomic mass is 28.2. The molecular weight excluding hydrogens is 162 g/mol. The van der Waals surface area contributed by atoms with E-state index in [-0.39, 0.29) is 6.23 Å². The predicted molar refractivity (Wildman–Crippen MR) is 43.4 cm³/mol. The SMILES string of the molecule is C#CC(N)([SiH2]CO)C(=O)OC. The molecule has 0 radical (unpaired) electrons. The first-order valence-corrected chi connectivity index (χ1v) is 4.77. The maximum Gasteiger partial charge on any atom is 0.334 e. The van der Waals surface area contributed by atoms with E-state index in [1.54, 1.807) is 0 Å². The van der Waals surface area contributed by atoms with Crippen molar-refractivity contribution in [2.45, 2.75) is 5.16 Å². The summed E-state index contributed by atoms with van der Waals surface area (Å²) in [5.74, 6) is 1.50. The van der Waals surface area contributed by atoms with Gasteiger partial charge in [-0.2, -0.15) is 0 Å². The van der Waals surface area contributed by atoms with Crippen LogP contribution in [0.4, 0.5) is 0 Å². The van der Waals surface area contributed by atoms with Crippen LogP contribution < -0.4 is 5.73 Å². The summed E-state index contributed by atoms with van der Waals surface area (Å²) in [7, 11) is 0.0188. The second-order valence-corrected chi connectivity index (χ2v) is 4.14. The van der Waals surface area contributed by atoms with E-state index >= 15 is 0 Å². The minimum atomic E-state index is -1.34. The average Bonchev–Trinajstić information content (AvgIpc) is 2.03. The Balaban J connectivity index is 4.36. The van der Waals surface area contributed by atoms with Crippen LogP contribution in [0.5, 0.6) is 0 Å². The van der Waals surface area contributed by atoms with Crippen molar-refractivity contribution in [3.8, 4) is 12.3 Å². The molecule has 0 aromatic heterocycles. The summed E-state index contributed by atoms with van der Waals surface area (Å²) in [6.07, 6.45) is 4.92. The van der Waals surface area contributed by atoms with Gasteiger partial charge in [0.25, 0.3) is 0 Å². The molecule has 0 spiro atoms. The van der Waals surface area contributed by atoms with E-state index in [2.05, 4.69) is 10.7 Å². The van der Waals surface area contributed by atoms with Gasteiger partial charge < -0.3 is 15.6 Å². The third-order valence-electron chi connectivity index (χ3n) is 1.31. The Morgan fingerprint density at radius 3 is 2.82 bits per heavy atom. The number of aliphatic hydroxyl groups excluding tert-OH is 1. The van der Waals surface area contributed by atoms with Crippen LogP contribution in [0.25, 0.3) is 0 Å². The highest BCUT2D eigenvalue weighted by molar-refractivity contribution is 6.48. The topological polar surface area (TPSA) is 72.5 Å². The molecule has 0 rings (SSSR count). The molecule has 0 fully saturated rings. The molecule has 5 heteroatoms. The van der Waals surface area contributed by atoms with Crippen molar-refractivity contribution < 1.29 is 14.6 Å². The number of carbonyl (C=O) groups is 1. The monoisotopic (exact) mass is 173 g/mol. The Labute approximate surface area is 67.5 Å². The molecule has 3 N–H and O–H groups in total. The lowest BCUT2D eigenvalue weighted by molar-refractivity contribution is -0.142. The van der Waals surface area contributed by atoms with Gasteiger partial charge in [-0.25, -0.2) is 4.79 Å². The number of terminal acetylenes is 1. The molecule has 0 aliphatic rings. The molecule has 62 valence electrons. The molecule has 0 heterocycles. The summed E-state index contributed by atoms with van der Waals surface area (Å²) in [6, 6.07) is 0. The fourth-order valence-corrected chi connectivity index (χ4v) is 1.44. The van der Waals surface area contributed by atoms with Crippen LogP contribution in [-0.4, -0.2) is 39.1 Å². The molecule has 0 saturated heterocycles. The van der Waals surface area contributed by atoms with Gasteiger partial charge in [0.2, 0.25) is 0 Å². The molecule has 0 aromatic rings. The summed E-state index contributed by atoms with van der Waals surface area (Å²) in [5.41, 5.74) is 5.45. The van der Waals surface area contributed by atoms with E-state index in [1.807, 2.05) is 0 Å². The first-order valence-electron chi connectivity index (χ1n) is 3.06. The number of carbonyl (C=O) groups excluding carboxylic acids is 1. The molecule has 0 aromatic carbocycles. The Hall–Kier alpha value is -0.833. The van der Waals surface area contributed by atoms with Crippen molar-refractivity contribution in [3.63, 3.8) is 0 Å². The van der Waals surface area contributed by atoms with Crippen molar-refractivity contribution in [3.05, 3.63) is 0 Å². The van der Waals surface area contributed by atoms with Gasteiger partial charge in [-0.1, -0.05) is 5.92 Å². The lowest BCUT2D eigenvalue weighted by Crippen LogP contribution is -2.54. The number of nitrogens with two attached hydrogens (primary N) is 1. The van der Waals surface area contributed by atoms with Crippen LogP contribution in [0.3, 0.4) is 0 Å². The van der Waals surface area contributed by atoms with E-state index < -0.39 is 20.7 Å². The molecular formula is C6H11NO3Si. The molecule has 0 amide bonds. The Morgan fingerprint density at radius 1 is 2.00 bits per heavy atom. The molecule has 1 atom stereocenters. The Kier molecular flexibility index (Phi) is 3.82. The Bertz CT molecular complexity index is 189. The number of rotatable bonds is 3. The van der Waals surface area contributed by atoms with Crippen LogP contribution in [0.1, 0.15) is 0 Å². The predicted octanol–water partition coefficient (Wildman–Crippen LogP) is -2.43. The number of ether oxygens (including phenoxy) is 1. The summed E-state index contributed by atoms with van der Waals surface area (Å²) in [5, 5.41) is 7.21. The smallest absolute Gasteiger partial charge is 0.334 e. The maximum absolute atomic E-state index is 10.9. The zero-order valence-electron chi connectivity index (χ0n) is 6.33. The number of methoxy groups -OCH3 is 1. The third-order valence-corrected chi connectivity index (χ3v) is 2.82. The van der Waals surface area contributed by atoms with E-state index in [9.17, 15) is 4.79 Å². The van der Waals surface area contributed by atoms with Crippen LogP contribution in [0, 0.1) is 12.3 Å². The van der Waals surface area contributed by atoms with Gasteiger partial charge in [-0.05, 0) is 0 Å². The van der Waals surface area contributed by atoms with Gasteiger partial charge in [-0.3, -0.25) is 0 Å². The van der Waals surface area contributed by atoms with Crippen molar-refractivity contribution >= 4 is 15.5 Å². The maximum atomic E-state index is 10.9. The molecule has 1 unspecified atom stereocenters. The molecule has 0 saturated carbocycles. The zero-order valence-corrected chi connectivity index (χ0v) is 7.75. The summed E-state index contributed by atoms with van der Waals surface area (Å²) in [4.78, 5) is 10.9. The molecule has 0 aliphatic heterocycles. The molecule has 4 nitrogen and oxygen atoms in total. The zero-order chi connectivity index (χ0) is 8.91. The number of hydrogen-bond acceptors (Lipinski definition) is 4. The van der Waals surface area contributed by atoms with Crippen LogP contribution in [0.2, 0.25) is 0 Å². The Morgan fingerprint density at radius 2 is 2.55 bits per heavy atom. The van der Waals surface area contributed by atoms with Gasteiger partial charge in [0.15, 0.2) is 5.16 Å². The second kappa shape index (κ2) is 4.13. The largest absolute Gasteiger partial charge is 0.467 e. The summed E-state index contributed by atoms with van der Waals surface area (Å²) < 4.78 is 4.38. The quantitative estimate of drug-likeness (QED) is 0.283. The molecule has 0 aliphatic carbocycles. The van der Waals surface area contributed by atoms with Crippen molar-refractivity contribution in [2.75, 3.05) is 13.3 Å². The lowest BCUT2D eigenvalue weighted by atomic mass is 10.3. The molecule has 0 bridgehead atoms. The summed E-state index contributed by atoms with van der Waals surface area (Å²) >= 11 is 0. The highest BCUT2D eigenvalue weighted by Gasteiger charge is 2.32. The van der Waals surface area contributed by atoms with E-state index in [1.165, 1.54) is 7.11 Å². The first kappa shape index (κ1) is 10.2. The minimum absolute atomic E-state index is 0.101. The normalized spacial score (nSPS) is 15.8. The van der Waals surface area contributed by atoms with Gasteiger partial charge in [0.05, 0.1) is 7.11 Å². The average molecular weight is 173 g/mol. The van der Waals surface area contributed by atoms with Crippen molar-refractivity contribution in [2.24, 2.45) is 5.73 Å². The van der Waals surface area contributed by atoms with Crippen molar-refractivity contribution in [1.82, 2.24) is 0 Å². The lowest BCUT2D eigenvalue weighted by Gasteiger charge is -2.17. The number of hydrogen-bond donors (Lipinski definition) is 2. The fraction of sp³-hybridized carbons (Fsp3) is 0.500.